The smallest absolute Gasteiger partial charge is 0.158 e. The summed E-state index contributed by atoms with van der Waals surface area (Å²) < 4.78 is 13.0. The van der Waals surface area contributed by atoms with Gasteiger partial charge in [0.05, 0.1) is 18.9 Å². The van der Waals surface area contributed by atoms with E-state index in [-0.39, 0.29) is 6.10 Å². The number of hydrogen-bond acceptors (Lipinski definition) is 6. The molecule has 1 saturated heterocycles. The van der Waals surface area contributed by atoms with E-state index in [0.717, 1.165) is 54.2 Å². The van der Waals surface area contributed by atoms with Crippen LogP contribution in [0.4, 0.5) is 5.82 Å². The van der Waals surface area contributed by atoms with Crippen LogP contribution >= 0.6 is 0 Å². The highest BCUT2D eigenvalue weighted by atomic mass is 16.5. The van der Waals surface area contributed by atoms with Crippen molar-refractivity contribution in [3.05, 3.63) is 34.8 Å². The fraction of sp³-hybridized carbons (Fsp3) is 0.471. The lowest BCUT2D eigenvalue weighted by molar-refractivity contribution is 0.108. The van der Waals surface area contributed by atoms with E-state index < -0.39 is 0 Å². The minimum atomic E-state index is 0.0855. The van der Waals surface area contributed by atoms with Gasteiger partial charge in [-0.1, -0.05) is 0 Å². The topological polar surface area (TPSA) is 87.0 Å². The molecule has 2 aromatic rings. The molecule has 2 aromatic heterocycles. The quantitative estimate of drug-likeness (QED) is 0.874. The Morgan fingerprint density at radius 1 is 1.38 bits per heavy atom. The second-order valence-electron chi connectivity index (χ2n) is 6.21. The molecule has 0 saturated carbocycles. The van der Waals surface area contributed by atoms with Gasteiger partial charge in [-0.2, -0.15) is 5.10 Å². The molecule has 2 N–H and O–H groups in total. The van der Waals surface area contributed by atoms with Crippen molar-refractivity contribution in [2.24, 2.45) is 10.7 Å². The van der Waals surface area contributed by atoms with Gasteiger partial charge >= 0.3 is 0 Å². The van der Waals surface area contributed by atoms with Gasteiger partial charge in [0.1, 0.15) is 6.10 Å². The molecule has 7 nitrogen and oxygen atoms in total. The van der Waals surface area contributed by atoms with Crippen LogP contribution in [0.3, 0.4) is 0 Å². The minimum absolute atomic E-state index is 0.0855. The highest BCUT2D eigenvalue weighted by Gasteiger charge is 2.21. The number of nitrogens with two attached hydrogens (primary N) is 1. The lowest BCUT2D eigenvalue weighted by Gasteiger charge is -2.14. The van der Waals surface area contributed by atoms with Gasteiger partial charge in [-0.3, -0.25) is 0 Å². The maximum Gasteiger partial charge on any atom is 0.158 e. The van der Waals surface area contributed by atoms with E-state index in [1.54, 1.807) is 6.21 Å². The van der Waals surface area contributed by atoms with Crippen molar-refractivity contribution >= 4 is 17.7 Å². The van der Waals surface area contributed by atoms with E-state index in [1.807, 2.05) is 23.6 Å². The Hall–Kier alpha value is -2.25. The highest BCUT2D eigenvalue weighted by Crippen LogP contribution is 2.28. The van der Waals surface area contributed by atoms with Gasteiger partial charge < -0.3 is 15.2 Å². The Morgan fingerprint density at radius 2 is 2.29 bits per heavy atom. The van der Waals surface area contributed by atoms with Crippen molar-refractivity contribution in [2.45, 2.75) is 32.3 Å². The summed E-state index contributed by atoms with van der Waals surface area (Å²) in [6.07, 6.45) is 4.69. The molecule has 24 heavy (non-hydrogen) atoms. The average molecular weight is 327 g/mol. The summed E-state index contributed by atoms with van der Waals surface area (Å²) in [5.74, 6) is 0.643. The summed E-state index contributed by atoms with van der Waals surface area (Å²) in [4.78, 5) is 9.05. The van der Waals surface area contributed by atoms with Crippen molar-refractivity contribution in [1.82, 2.24) is 14.6 Å². The molecule has 0 aliphatic carbocycles. The van der Waals surface area contributed by atoms with E-state index in [4.69, 9.17) is 15.2 Å². The fourth-order valence-corrected chi connectivity index (χ4v) is 3.04. The van der Waals surface area contributed by atoms with Crippen molar-refractivity contribution in [3.8, 4) is 0 Å². The highest BCUT2D eigenvalue weighted by molar-refractivity contribution is 5.82. The maximum absolute atomic E-state index is 6.00. The third-order valence-corrected chi connectivity index (χ3v) is 4.41. The number of rotatable bonds is 3. The molecule has 4 heterocycles. The second-order valence-corrected chi connectivity index (χ2v) is 6.21. The van der Waals surface area contributed by atoms with Crippen LogP contribution in [0, 0.1) is 6.92 Å². The minimum Gasteiger partial charge on any atom is -0.402 e. The van der Waals surface area contributed by atoms with Crippen molar-refractivity contribution in [3.63, 3.8) is 0 Å². The predicted molar refractivity (Wildman–Crippen MR) is 90.5 cm³/mol. The Morgan fingerprint density at radius 3 is 3.08 bits per heavy atom. The molecule has 2 aliphatic rings. The van der Waals surface area contributed by atoms with Crippen LogP contribution in [-0.2, 0) is 9.47 Å². The number of aryl methyl sites for hydroxylation is 1. The van der Waals surface area contributed by atoms with Crippen LogP contribution < -0.4 is 5.73 Å². The number of nitrogens with zero attached hydrogens (tertiary/aromatic N) is 4. The van der Waals surface area contributed by atoms with E-state index >= 15 is 0 Å². The third-order valence-electron chi connectivity index (χ3n) is 4.41. The van der Waals surface area contributed by atoms with Gasteiger partial charge in [0, 0.05) is 48.3 Å². The molecule has 1 unspecified atom stereocenters. The van der Waals surface area contributed by atoms with Crippen LogP contribution in [0.25, 0.3) is 5.65 Å². The van der Waals surface area contributed by atoms with Crippen LogP contribution in [0.15, 0.2) is 28.4 Å². The first kappa shape index (κ1) is 15.3. The monoisotopic (exact) mass is 327 g/mol. The third kappa shape index (κ3) is 2.92. The van der Waals surface area contributed by atoms with E-state index in [2.05, 4.69) is 15.1 Å². The SMILES string of the molecule is Cc1cc(N=CC2=C(N)CCOC2)nc2cc(C3CCCO3)nn12. The summed E-state index contributed by atoms with van der Waals surface area (Å²) in [5.41, 5.74) is 10.5. The predicted octanol–water partition coefficient (Wildman–Crippen LogP) is 2.22. The molecule has 126 valence electrons. The normalized spacial score (nSPS) is 22.1. The number of hydrogen-bond donors (Lipinski definition) is 1. The molecule has 0 spiro atoms. The largest absolute Gasteiger partial charge is 0.402 e. The van der Waals surface area contributed by atoms with Gasteiger partial charge in [-0.15, -0.1) is 0 Å². The lowest BCUT2D eigenvalue weighted by Crippen LogP contribution is -2.17. The molecule has 7 heteroatoms. The zero-order valence-electron chi connectivity index (χ0n) is 13.7. The first-order valence-corrected chi connectivity index (χ1v) is 8.29. The first-order valence-electron chi connectivity index (χ1n) is 8.29. The van der Waals surface area contributed by atoms with Gasteiger partial charge in [-0.25, -0.2) is 14.5 Å². The summed E-state index contributed by atoms with van der Waals surface area (Å²) in [7, 11) is 0. The molecular formula is C17H21N5O2. The average Bonchev–Trinajstić information content (AvgIpc) is 3.23. The molecule has 4 rings (SSSR count). The maximum atomic E-state index is 6.00. The molecule has 0 bridgehead atoms. The number of fused-ring (bicyclic) bond motifs is 1. The van der Waals surface area contributed by atoms with Crippen LogP contribution in [0.1, 0.15) is 36.8 Å². The van der Waals surface area contributed by atoms with Gasteiger partial charge in [-0.05, 0) is 19.8 Å². The molecule has 1 fully saturated rings. The van der Waals surface area contributed by atoms with Crippen LogP contribution in [0.2, 0.25) is 0 Å². The van der Waals surface area contributed by atoms with E-state index in [1.165, 1.54) is 0 Å². The zero-order valence-corrected chi connectivity index (χ0v) is 13.7. The molecule has 0 amide bonds. The van der Waals surface area contributed by atoms with Gasteiger partial charge in [0.25, 0.3) is 0 Å². The second kappa shape index (κ2) is 6.33. The Kier molecular flexibility index (Phi) is 4.03. The van der Waals surface area contributed by atoms with Crippen molar-refractivity contribution in [2.75, 3.05) is 19.8 Å². The standard InChI is InChI=1S/C17H21N5O2/c1-11-7-16(19-9-12-10-23-6-4-13(12)18)20-17-8-14(21-22(11)17)15-3-2-5-24-15/h7-9,15H,2-6,10,18H2,1H3. The molecule has 0 radical (unpaired) electrons. The molecule has 2 aliphatic heterocycles. The van der Waals surface area contributed by atoms with Crippen molar-refractivity contribution in [1.29, 1.82) is 0 Å². The number of ether oxygens (including phenoxy) is 2. The lowest BCUT2D eigenvalue weighted by atomic mass is 10.1. The van der Waals surface area contributed by atoms with Gasteiger partial charge in [0.15, 0.2) is 11.5 Å². The van der Waals surface area contributed by atoms with Gasteiger partial charge in [0.2, 0.25) is 0 Å². The zero-order chi connectivity index (χ0) is 16.5. The summed E-state index contributed by atoms with van der Waals surface area (Å²) in [5, 5.41) is 4.63. The molecule has 0 aromatic carbocycles. The van der Waals surface area contributed by atoms with E-state index in [9.17, 15) is 0 Å². The summed E-state index contributed by atoms with van der Waals surface area (Å²) in [6, 6.07) is 3.90. The molecular weight excluding hydrogens is 306 g/mol. The first-order chi connectivity index (χ1) is 11.7. The Labute approximate surface area is 140 Å². The molecule has 1 atom stereocenters. The van der Waals surface area contributed by atoms with Crippen LogP contribution in [0.5, 0.6) is 0 Å². The van der Waals surface area contributed by atoms with Crippen molar-refractivity contribution < 1.29 is 9.47 Å². The summed E-state index contributed by atoms with van der Waals surface area (Å²) >= 11 is 0. The summed E-state index contributed by atoms with van der Waals surface area (Å²) in [6.45, 7) is 3.98. The van der Waals surface area contributed by atoms with E-state index in [0.29, 0.717) is 19.0 Å². The number of aliphatic imine (C=N–C) groups is 1. The Balaban J connectivity index is 1.64. The fourth-order valence-electron chi connectivity index (χ4n) is 3.04. The Bertz CT molecular complexity index is 818. The van der Waals surface area contributed by atoms with Crippen LogP contribution in [-0.4, -0.2) is 40.6 Å². The number of aromatic nitrogens is 3.